The van der Waals surface area contributed by atoms with E-state index in [9.17, 15) is 9.59 Å². The first-order chi connectivity index (χ1) is 9.26. The molecule has 0 radical (unpaired) electrons. The highest BCUT2D eigenvalue weighted by atomic mass is 32.1. The maximum Gasteiger partial charge on any atom is 0.328 e. The van der Waals surface area contributed by atoms with E-state index in [-0.39, 0.29) is 16.0 Å². The Kier molecular flexibility index (Phi) is 4.11. The summed E-state index contributed by atoms with van der Waals surface area (Å²) in [6.07, 6.45) is 2.43. The second kappa shape index (κ2) is 5.37. The third-order valence-corrected chi connectivity index (χ3v) is 4.84. The van der Waals surface area contributed by atoms with E-state index in [0.717, 1.165) is 5.56 Å². The number of rotatable bonds is 4. The van der Waals surface area contributed by atoms with Gasteiger partial charge in [0.2, 0.25) is 0 Å². The van der Waals surface area contributed by atoms with Gasteiger partial charge >= 0.3 is 5.69 Å². The number of H-pyrrole nitrogens is 1. The normalized spacial score (nSPS) is 14.7. The molecule has 0 saturated carbocycles. The Morgan fingerprint density at radius 1 is 1.40 bits per heavy atom. The van der Waals surface area contributed by atoms with Crippen LogP contribution >= 0.6 is 25.3 Å². The van der Waals surface area contributed by atoms with Crippen LogP contribution in [0.1, 0.15) is 18.9 Å². The number of fused-ring (bicyclic) bond motifs is 1. The Bertz CT molecular complexity index is 755. The average molecular weight is 313 g/mol. The molecule has 5 nitrogen and oxygen atoms in total. The van der Waals surface area contributed by atoms with E-state index in [2.05, 4.69) is 30.2 Å². The standard InChI is InChI=1S/C13H19N3O2S2/c1-8-6-15(3)10-9(8)14-12(18)16(11(10)17)5-4-13(2,20)7-19/h6,19-20H,4-5,7H2,1-3H3,(H,14,18). The summed E-state index contributed by atoms with van der Waals surface area (Å²) in [5, 5.41) is 0. The van der Waals surface area contributed by atoms with Crippen LogP contribution in [-0.2, 0) is 13.6 Å². The van der Waals surface area contributed by atoms with Gasteiger partial charge < -0.3 is 9.55 Å². The molecule has 0 fully saturated rings. The number of nitrogens with zero attached hydrogens (tertiary/aromatic N) is 2. The van der Waals surface area contributed by atoms with E-state index in [4.69, 9.17) is 0 Å². The predicted octanol–water partition coefficient (Wildman–Crippen LogP) is 1.35. The third-order valence-electron chi connectivity index (χ3n) is 3.51. The summed E-state index contributed by atoms with van der Waals surface area (Å²) in [4.78, 5) is 27.3. The summed E-state index contributed by atoms with van der Waals surface area (Å²) >= 11 is 8.70. The average Bonchev–Trinajstić information content (AvgIpc) is 2.64. The van der Waals surface area contributed by atoms with Gasteiger partial charge in [0, 0.05) is 30.3 Å². The van der Waals surface area contributed by atoms with E-state index < -0.39 is 0 Å². The molecule has 1 N–H and O–H groups in total. The second-order valence-electron chi connectivity index (χ2n) is 5.44. The minimum absolute atomic E-state index is 0.261. The van der Waals surface area contributed by atoms with Crippen molar-refractivity contribution in [1.29, 1.82) is 0 Å². The van der Waals surface area contributed by atoms with Crippen LogP contribution < -0.4 is 11.2 Å². The number of thiol groups is 2. The van der Waals surface area contributed by atoms with Gasteiger partial charge in [0.25, 0.3) is 5.56 Å². The molecule has 2 heterocycles. The van der Waals surface area contributed by atoms with E-state index in [1.165, 1.54) is 4.57 Å². The molecule has 0 saturated heterocycles. The number of nitrogens with one attached hydrogen (secondary N) is 1. The lowest BCUT2D eigenvalue weighted by Gasteiger charge is -2.20. The van der Waals surface area contributed by atoms with Crippen LogP contribution in [0.5, 0.6) is 0 Å². The Balaban J connectivity index is 2.53. The quantitative estimate of drug-likeness (QED) is 0.746. The van der Waals surface area contributed by atoms with Gasteiger partial charge in [0.15, 0.2) is 0 Å². The van der Waals surface area contributed by atoms with Crippen LogP contribution in [0.25, 0.3) is 11.0 Å². The van der Waals surface area contributed by atoms with Crippen molar-refractivity contribution in [3.05, 3.63) is 32.6 Å². The van der Waals surface area contributed by atoms with E-state index in [1.807, 2.05) is 20.0 Å². The fraction of sp³-hybridized carbons (Fsp3) is 0.538. The molecule has 1 unspecified atom stereocenters. The molecule has 0 spiro atoms. The van der Waals surface area contributed by atoms with Crippen molar-refractivity contribution >= 4 is 36.3 Å². The first kappa shape index (κ1) is 15.3. The summed E-state index contributed by atoms with van der Waals surface area (Å²) in [6, 6.07) is 0. The molecule has 110 valence electrons. The van der Waals surface area contributed by atoms with Gasteiger partial charge in [0.1, 0.15) is 5.52 Å². The van der Waals surface area contributed by atoms with Gasteiger partial charge in [-0.3, -0.25) is 9.36 Å². The monoisotopic (exact) mass is 313 g/mol. The summed E-state index contributed by atoms with van der Waals surface area (Å²) in [5.74, 6) is 0.578. The van der Waals surface area contributed by atoms with Crippen LogP contribution in [0.3, 0.4) is 0 Å². The zero-order valence-corrected chi connectivity index (χ0v) is 13.6. The smallest absolute Gasteiger partial charge is 0.328 e. The molecule has 2 rings (SSSR count). The highest BCUT2D eigenvalue weighted by Gasteiger charge is 2.19. The summed E-state index contributed by atoms with van der Waals surface area (Å²) < 4.78 is 2.67. The van der Waals surface area contributed by atoms with Crippen LogP contribution in [0.4, 0.5) is 0 Å². The fourth-order valence-corrected chi connectivity index (χ4v) is 2.49. The summed E-state index contributed by atoms with van der Waals surface area (Å²) in [5.41, 5.74) is 1.39. The van der Waals surface area contributed by atoms with Crippen LogP contribution in [0.15, 0.2) is 15.8 Å². The molecule has 2 aromatic rings. The third kappa shape index (κ3) is 2.69. The van der Waals surface area contributed by atoms with Crippen LogP contribution in [0.2, 0.25) is 0 Å². The fourth-order valence-electron chi connectivity index (χ4n) is 2.23. The van der Waals surface area contributed by atoms with Gasteiger partial charge in [-0.2, -0.15) is 25.3 Å². The Morgan fingerprint density at radius 2 is 2.05 bits per heavy atom. The number of hydrogen-bond donors (Lipinski definition) is 3. The Morgan fingerprint density at radius 3 is 2.65 bits per heavy atom. The van der Waals surface area contributed by atoms with Gasteiger partial charge in [-0.05, 0) is 25.8 Å². The minimum atomic E-state index is -0.375. The van der Waals surface area contributed by atoms with Crippen molar-refractivity contribution < 1.29 is 0 Å². The Hall–Kier alpha value is -1.08. The van der Waals surface area contributed by atoms with Gasteiger partial charge in [-0.1, -0.05) is 0 Å². The lowest BCUT2D eigenvalue weighted by molar-refractivity contribution is 0.534. The van der Waals surface area contributed by atoms with Crippen molar-refractivity contribution in [2.24, 2.45) is 7.05 Å². The topological polar surface area (TPSA) is 59.8 Å². The molecule has 0 aromatic carbocycles. The van der Waals surface area contributed by atoms with Gasteiger partial charge in [-0.25, -0.2) is 4.79 Å². The van der Waals surface area contributed by atoms with Gasteiger partial charge in [-0.15, -0.1) is 0 Å². The largest absolute Gasteiger partial charge is 0.345 e. The first-order valence-corrected chi connectivity index (χ1v) is 7.47. The number of aryl methyl sites for hydroxylation is 2. The number of aromatic amines is 1. The lowest BCUT2D eigenvalue weighted by Crippen LogP contribution is -2.37. The number of hydrogen-bond acceptors (Lipinski definition) is 4. The van der Waals surface area contributed by atoms with Crippen molar-refractivity contribution in [3.8, 4) is 0 Å². The zero-order valence-electron chi connectivity index (χ0n) is 11.8. The molecule has 0 amide bonds. The van der Waals surface area contributed by atoms with E-state index in [1.54, 1.807) is 11.6 Å². The molecule has 0 bridgehead atoms. The zero-order chi connectivity index (χ0) is 15.1. The molecule has 7 heteroatoms. The van der Waals surface area contributed by atoms with Crippen LogP contribution in [-0.4, -0.2) is 24.6 Å². The SMILES string of the molecule is Cc1cn(C)c2c(=O)n(CCC(C)(S)CS)c(=O)[nH]c12. The lowest BCUT2D eigenvalue weighted by atomic mass is 10.1. The molecular weight excluding hydrogens is 294 g/mol. The van der Waals surface area contributed by atoms with Crippen molar-refractivity contribution in [1.82, 2.24) is 14.1 Å². The maximum atomic E-state index is 12.5. The number of aromatic nitrogens is 3. The van der Waals surface area contributed by atoms with E-state index in [0.29, 0.717) is 29.8 Å². The Labute approximate surface area is 127 Å². The highest BCUT2D eigenvalue weighted by molar-refractivity contribution is 7.85. The van der Waals surface area contributed by atoms with Crippen molar-refractivity contribution in [2.45, 2.75) is 31.6 Å². The maximum absolute atomic E-state index is 12.5. The van der Waals surface area contributed by atoms with Crippen molar-refractivity contribution in [2.75, 3.05) is 5.75 Å². The molecule has 2 aromatic heterocycles. The molecule has 0 aliphatic heterocycles. The summed E-state index contributed by atoms with van der Waals surface area (Å²) in [6.45, 7) is 4.14. The first-order valence-electron chi connectivity index (χ1n) is 6.39. The predicted molar refractivity (Wildman–Crippen MR) is 88.4 cm³/mol. The minimum Gasteiger partial charge on any atom is -0.345 e. The molecule has 0 aliphatic rings. The van der Waals surface area contributed by atoms with Gasteiger partial charge in [0.05, 0.1) is 5.52 Å². The molecule has 0 aliphatic carbocycles. The second-order valence-corrected chi connectivity index (χ2v) is 6.83. The molecule has 1 atom stereocenters. The van der Waals surface area contributed by atoms with Crippen molar-refractivity contribution in [3.63, 3.8) is 0 Å². The molecule has 20 heavy (non-hydrogen) atoms. The van der Waals surface area contributed by atoms with Crippen LogP contribution in [0, 0.1) is 6.92 Å². The van der Waals surface area contributed by atoms with E-state index >= 15 is 0 Å². The molecular formula is C13H19N3O2S2. The summed E-state index contributed by atoms with van der Waals surface area (Å²) in [7, 11) is 1.80. The highest BCUT2D eigenvalue weighted by Crippen LogP contribution is 2.20.